The molecule has 0 bridgehead atoms. The van der Waals surface area contributed by atoms with Crippen molar-refractivity contribution in [1.82, 2.24) is 9.88 Å². The van der Waals surface area contributed by atoms with Crippen molar-refractivity contribution in [2.24, 2.45) is 0 Å². The second kappa shape index (κ2) is 6.00. The molecule has 3 N–H and O–H groups in total. The highest BCUT2D eigenvalue weighted by Crippen LogP contribution is 2.12. The average molecular weight is 255 g/mol. The van der Waals surface area contributed by atoms with E-state index in [0.29, 0.717) is 10.8 Å². The van der Waals surface area contributed by atoms with Crippen LogP contribution in [0.4, 0.5) is 5.13 Å². The summed E-state index contributed by atoms with van der Waals surface area (Å²) in [5, 5.41) is 10.7. The minimum atomic E-state index is -1.06. The van der Waals surface area contributed by atoms with Crippen LogP contribution in [-0.4, -0.2) is 40.0 Å². The van der Waals surface area contributed by atoms with Gasteiger partial charge in [-0.05, 0) is 0 Å². The number of hydrogen-bond acceptors (Lipinski definition) is 5. The van der Waals surface area contributed by atoms with Crippen LogP contribution in [0.1, 0.15) is 5.69 Å². The van der Waals surface area contributed by atoms with Gasteiger partial charge in [0.1, 0.15) is 6.54 Å². The molecule has 1 amide bonds. The molecule has 1 rings (SSSR count). The summed E-state index contributed by atoms with van der Waals surface area (Å²) < 4.78 is 0. The molecule has 0 atom stereocenters. The van der Waals surface area contributed by atoms with Crippen molar-refractivity contribution in [1.29, 1.82) is 0 Å². The number of rotatable bonds is 6. The zero-order valence-corrected chi connectivity index (χ0v) is 9.94. The molecule has 0 unspecified atom stereocenters. The Labute approximate surface area is 102 Å². The first-order valence-electron chi connectivity index (χ1n) is 4.83. The molecule has 0 aliphatic heterocycles. The largest absolute Gasteiger partial charge is 0.480 e. The Balaban J connectivity index is 2.64. The number of nitrogens with zero attached hydrogens (tertiary/aromatic N) is 2. The monoisotopic (exact) mass is 255 g/mol. The molecule has 1 aromatic rings. The zero-order chi connectivity index (χ0) is 12.8. The molecule has 6 nitrogen and oxygen atoms in total. The third kappa shape index (κ3) is 4.23. The molecular formula is C10H13N3O3S. The van der Waals surface area contributed by atoms with Gasteiger partial charge in [0.15, 0.2) is 5.13 Å². The highest BCUT2D eigenvalue weighted by Gasteiger charge is 2.16. The van der Waals surface area contributed by atoms with E-state index in [2.05, 4.69) is 11.6 Å². The average Bonchev–Trinajstić information content (AvgIpc) is 2.62. The second-order valence-electron chi connectivity index (χ2n) is 3.31. The summed E-state index contributed by atoms with van der Waals surface area (Å²) in [5.41, 5.74) is 5.99. The standard InChI is InChI=1S/C10H13N3O3S/c1-2-3-13(5-9(15)16)8(14)4-7-6-17-10(11)12-7/h2,6H,1,3-5H2,(H2,11,12)(H,15,16). The number of carbonyl (C=O) groups is 2. The van der Waals surface area contributed by atoms with Gasteiger partial charge in [-0.3, -0.25) is 9.59 Å². The fourth-order valence-corrected chi connectivity index (χ4v) is 1.81. The lowest BCUT2D eigenvalue weighted by Crippen LogP contribution is -2.36. The number of nitrogen functional groups attached to an aromatic ring is 1. The van der Waals surface area contributed by atoms with Crippen LogP contribution in [0.2, 0.25) is 0 Å². The Bertz CT molecular complexity index is 430. The highest BCUT2D eigenvalue weighted by molar-refractivity contribution is 7.13. The van der Waals surface area contributed by atoms with Crippen molar-refractivity contribution in [3.05, 3.63) is 23.7 Å². The van der Waals surface area contributed by atoms with Gasteiger partial charge in [-0.1, -0.05) is 6.08 Å². The van der Waals surface area contributed by atoms with Gasteiger partial charge in [-0.2, -0.15) is 0 Å². The number of anilines is 1. The number of aromatic nitrogens is 1. The summed E-state index contributed by atoms with van der Waals surface area (Å²) in [6, 6.07) is 0. The van der Waals surface area contributed by atoms with E-state index in [4.69, 9.17) is 10.8 Å². The lowest BCUT2D eigenvalue weighted by atomic mass is 10.3. The van der Waals surface area contributed by atoms with Crippen molar-refractivity contribution >= 4 is 28.3 Å². The van der Waals surface area contributed by atoms with Crippen LogP contribution in [0.25, 0.3) is 0 Å². The molecule has 0 aliphatic rings. The number of carboxylic acid groups (broad SMARTS) is 1. The molecule has 0 fully saturated rings. The van der Waals surface area contributed by atoms with Crippen LogP contribution >= 0.6 is 11.3 Å². The highest BCUT2D eigenvalue weighted by atomic mass is 32.1. The van der Waals surface area contributed by atoms with Crippen molar-refractivity contribution in [2.75, 3.05) is 18.8 Å². The first-order valence-corrected chi connectivity index (χ1v) is 5.71. The molecule has 92 valence electrons. The number of carboxylic acids is 1. The molecule has 0 aliphatic carbocycles. The van der Waals surface area contributed by atoms with Crippen LogP contribution in [-0.2, 0) is 16.0 Å². The summed E-state index contributed by atoms with van der Waals surface area (Å²) >= 11 is 1.24. The maximum atomic E-state index is 11.8. The van der Waals surface area contributed by atoms with E-state index in [1.807, 2.05) is 0 Å². The molecule has 0 spiro atoms. The van der Waals surface area contributed by atoms with E-state index in [0.717, 1.165) is 0 Å². The van der Waals surface area contributed by atoms with E-state index in [1.54, 1.807) is 5.38 Å². The Kier molecular flexibility index (Phi) is 4.65. The normalized spacial score (nSPS) is 9.88. The third-order valence-electron chi connectivity index (χ3n) is 1.93. The molecule has 17 heavy (non-hydrogen) atoms. The van der Waals surface area contributed by atoms with Crippen LogP contribution in [0.5, 0.6) is 0 Å². The van der Waals surface area contributed by atoms with Gasteiger partial charge in [0, 0.05) is 11.9 Å². The molecule has 7 heteroatoms. The van der Waals surface area contributed by atoms with Gasteiger partial charge in [-0.15, -0.1) is 17.9 Å². The second-order valence-corrected chi connectivity index (χ2v) is 4.20. The minimum Gasteiger partial charge on any atom is -0.480 e. The Morgan fingerprint density at radius 2 is 2.35 bits per heavy atom. The van der Waals surface area contributed by atoms with Gasteiger partial charge < -0.3 is 15.7 Å². The van der Waals surface area contributed by atoms with Crippen molar-refractivity contribution in [3.63, 3.8) is 0 Å². The Hall–Kier alpha value is -1.89. The summed E-state index contributed by atoms with van der Waals surface area (Å²) in [6.45, 7) is 3.34. The predicted octanol–water partition coefficient (Wildman–Crippen LogP) is 0.367. The molecule has 0 radical (unpaired) electrons. The van der Waals surface area contributed by atoms with E-state index in [9.17, 15) is 9.59 Å². The van der Waals surface area contributed by atoms with Gasteiger partial charge in [0.05, 0.1) is 12.1 Å². The first-order chi connectivity index (χ1) is 8.02. The smallest absolute Gasteiger partial charge is 0.323 e. The van der Waals surface area contributed by atoms with Crippen LogP contribution in [0, 0.1) is 0 Å². The SMILES string of the molecule is C=CCN(CC(=O)O)C(=O)Cc1csc(N)n1. The number of hydrogen-bond donors (Lipinski definition) is 2. The Morgan fingerprint density at radius 3 is 2.82 bits per heavy atom. The van der Waals surface area contributed by atoms with E-state index in [-0.39, 0.29) is 25.4 Å². The van der Waals surface area contributed by atoms with Crippen LogP contribution in [0.15, 0.2) is 18.0 Å². The quantitative estimate of drug-likeness (QED) is 0.716. The summed E-state index contributed by atoms with van der Waals surface area (Å²) in [7, 11) is 0. The van der Waals surface area contributed by atoms with Gasteiger partial charge in [0.2, 0.25) is 5.91 Å². The molecule has 1 aromatic heterocycles. The van der Waals surface area contributed by atoms with Crippen LogP contribution in [0.3, 0.4) is 0 Å². The molecule has 0 saturated carbocycles. The molecule has 0 aromatic carbocycles. The van der Waals surface area contributed by atoms with Gasteiger partial charge >= 0.3 is 5.97 Å². The first kappa shape index (κ1) is 13.2. The van der Waals surface area contributed by atoms with E-state index >= 15 is 0 Å². The number of thiazole rings is 1. The number of nitrogens with two attached hydrogens (primary N) is 1. The molecular weight excluding hydrogens is 242 g/mol. The van der Waals surface area contributed by atoms with Crippen LogP contribution < -0.4 is 5.73 Å². The summed E-state index contributed by atoms with van der Waals surface area (Å²) in [4.78, 5) is 27.5. The topological polar surface area (TPSA) is 96.5 Å². The van der Waals surface area contributed by atoms with E-state index < -0.39 is 5.97 Å². The fraction of sp³-hybridized carbons (Fsp3) is 0.300. The zero-order valence-electron chi connectivity index (χ0n) is 9.13. The molecule has 1 heterocycles. The van der Waals surface area contributed by atoms with Crippen molar-refractivity contribution in [3.8, 4) is 0 Å². The number of aliphatic carboxylic acids is 1. The maximum absolute atomic E-state index is 11.8. The summed E-state index contributed by atoms with van der Waals surface area (Å²) in [5.74, 6) is -1.37. The minimum absolute atomic E-state index is 0.0504. The van der Waals surface area contributed by atoms with Gasteiger partial charge in [-0.25, -0.2) is 4.98 Å². The van der Waals surface area contributed by atoms with Gasteiger partial charge in [0.25, 0.3) is 0 Å². The lowest BCUT2D eigenvalue weighted by molar-refractivity contribution is -0.143. The third-order valence-corrected chi connectivity index (χ3v) is 2.65. The van der Waals surface area contributed by atoms with E-state index in [1.165, 1.54) is 22.3 Å². The predicted molar refractivity (Wildman–Crippen MR) is 64.6 cm³/mol. The Morgan fingerprint density at radius 1 is 1.65 bits per heavy atom. The fourth-order valence-electron chi connectivity index (χ4n) is 1.24. The lowest BCUT2D eigenvalue weighted by Gasteiger charge is -2.18. The summed E-state index contributed by atoms with van der Waals surface area (Å²) in [6.07, 6.45) is 1.53. The van der Waals surface area contributed by atoms with Crippen molar-refractivity contribution < 1.29 is 14.7 Å². The van der Waals surface area contributed by atoms with Crippen molar-refractivity contribution in [2.45, 2.75) is 6.42 Å². The number of carbonyl (C=O) groups excluding carboxylic acids is 1. The molecule has 0 saturated heterocycles. The number of amides is 1. The maximum Gasteiger partial charge on any atom is 0.323 e.